The van der Waals surface area contributed by atoms with Crippen LogP contribution in [0.3, 0.4) is 0 Å². The van der Waals surface area contributed by atoms with Crippen LogP contribution in [-0.2, 0) is 13.1 Å². The summed E-state index contributed by atoms with van der Waals surface area (Å²) < 4.78 is 1.02. The van der Waals surface area contributed by atoms with Gasteiger partial charge in [0.05, 0.1) is 0 Å². The highest BCUT2D eigenvalue weighted by Gasteiger charge is 2.05. The fraction of sp³-hybridized carbons (Fsp3) is 0.250. The maximum atomic E-state index is 6.24. The number of hydrogen-bond donors (Lipinski definition) is 0. The molecular weight excluding hydrogens is 322 g/mol. The van der Waals surface area contributed by atoms with Crippen LogP contribution in [0.1, 0.15) is 16.7 Å². The zero-order valence-corrected chi connectivity index (χ0v) is 13.5. The van der Waals surface area contributed by atoms with E-state index in [1.807, 2.05) is 12.1 Å². The van der Waals surface area contributed by atoms with Crippen molar-refractivity contribution < 1.29 is 0 Å². The predicted octanol–water partition coefficient (Wildman–Crippen LogP) is 5.04. The van der Waals surface area contributed by atoms with Crippen LogP contribution in [0.25, 0.3) is 0 Å². The van der Waals surface area contributed by atoms with E-state index in [9.17, 15) is 0 Å². The topological polar surface area (TPSA) is 3.24 Å². The maximum Gasteiger partial charge on any atom is 0.0462 e. The lowest BCUT2D eigenvalue weighted by Crippen LogP contribution is -2.17. The first-order valence-corrected chi connectivity index (χ1v) is 7.40. The van der Waals surface area contributed by atoms with E-state index < -0.39 is 0 Å². The number of hydrogen-bond acceptors (Lipinski definition) is 1. The summed E-state index contributed by atoms with van der Waals surface area (Å²) in [5.74, 6) is 0. The third kappa shape index (κ3) is 4.34. The smallest absolute Gasteiger partial charge is 0.0462 e. The molecule has 100 valence electrons. The van der Waals surface area contributed by atoms with Gasteiger partial charge in [0.15, 0.2) is 0 Å². The van der Waals surface area contributed by atoms with E-state index in [2.05, 4.69) is 65.1 Å². The van der Waals surface area contributed by atoms with Crippen molar-refractivity contribution in [1.82, 2.24) is 4.90 Å². The molecule has 0 heterocycles. The molecule has 0 spiro atoms. The number of aryl methyl sites for hydroxylation is 1. The Kier molecular flexibility index (Phi) is 5.03. The molecule has 0 aromatic heterocycles. The molecule has 3 heteroatoms. The Morgan fingerprint density at radius 1 is 1.05 bits per heavy atom. The molecule has 0 saturated carbocycles. The van der Waals surface area contributed by atoms with E-state index >= 15 is 0 Å². The Balaban J connectivity index is 2.01. The van der Waals surface area contributed by atoms with Crippen LogP contribution in [-0.4, -0.2) is 11.9 Å². The average Bonchev–Trinajstić information content (AvgIpc) is 2.36. The number of benzene rings is 2. The second kappa shape index (κ2) is 6.56. The molecule has 2 aromatic rings. The molecule has 0 aliphatic rings. The number of rotatable bonds is 4. The molecule has 0 amide bonds. The second-order valence-electron chi connectivity index (χ2n) is 4.89. The van der Waals surface area contributed by atoms with Gasteiger partial charge in [0, 0.05) is 22.6 Å². The normalized spacial score (nSPS) is 11.0. The van der Waals surface area contributed by atoms with Gasteiger partial charge < -0.3 is 0 Å². The molecule has 0 fully saturated rings. The molecule has 0 radical (unpaired) electrons. The Morgan fingerprint density at radius 3 is 2.37 bits per heavy atom. The van der Waals surface area contributed by atoms with Crippen molar-refractivity contribution in [2.75, 3.05) is 7.05 Å². The first-order valence-electron chi connectivity index (χ1n) is 6.22. The fourth-order valence-electron chi connectivity index (χ4n) is 2.00. The third-order valence-electron chi connectivity index (χ3n) is 3.03. The Bertz CT molecular complexity index is 551. The van der Waals surface area contributed by atoms with Gasteiger partial charge in [-0.1, -0.05) is 63.4 Å². The Labute approximate surface area is 128 Å². The summed E-state index contributed by atoms with van der Waals surface area (Å²) in [5, 5.41) is 0.810. The van der Waals surface area contributed by atoms with E-state index in [1.54, 1.807) is 0 Å². The van der Waals surface area contributed by atoms with Crippen molar-refractivity contribution >= 4 is 27.5 Å². The molecule has 0 aliphatic heterocycles. The van der Waals surface area contributed by atoms with Crippen molar-refractivity contribution in [2.24, 2.45) is 0 Å². The van der Waals surface area contributed by atoms with E-state index in [4.69, 9.17) is 11.6 Å². The van der Waals surface area contributed by atoms with Crippen LogP contribution in [0.4, 0.5) is 0 Å². The van der Waals surface area contributed by atoms with Crippen LogP contribution in [0.15, 0.2) is 46.9 Å². The van der Waals surface area contributed by atoms with Crippen LogP contribution in [0.5, 0.6) is 0 Å². The summed E-state index contributed by atoms with van der Waals surface area (Å²) >= 11 is 9.67. The average molecular weight is 339 g/mol. The van der Waals surface area contributed by atoms with Gasteiger partial charge in [-0.3, -0.25) is 4.90 Å². The highest BCUT2D eigenvalue weighted by molar-refractivity contribution is 9.10. The summed E-state index contributed by atoms with van der Waals surface area (Å²) in [4.78, 5) is 2.26. The second-order valence-corrected chi connectivity index (χ2v) is 6.22. The van der Waals surface area contributed by atoms with Crippen LogP contribution < -0.4 is 0 Å². The first-order chi connectivity index (χ1) is 9.04. The Morgan fingerprint density at radius 2 is 1.74 bits per heavy atom. The van der Waals surface area contributed by atoms with E-state index in [-0.39, 0.29) is 0 Å². The van der Waals surface area contributed by atoms with Gasteiger partial charge in [-0.25, -0.2) is 0 Å². The number of halogens is 2. The van der Waals surface area contributed by atoms with Crippen molar-refractivity contribution in [3.05, 3.63) is 68.7 Å². The standard InChI is InChI=1S/C16H17BrClN/c1-12-3-5-13(6-4-12)10-19(2)11-14-7-8-15(17)9-16(14)18/h3-9H,10-11H2,1-2H3. The van der Waals surface area contributed by atoms with E-state index in [0.29, 0.717) is 0 Å². The minimum atomic E-state index is 0.810. The highest BCUT2D eigenvalue weighted by Crippen LogP contribution is 2.22. The molecule has 2 aromatic carbocycles. The minimum Gasteiger partial charge on any atom is -0.298 e. The largest absolute Gasteiger partial charge is 0.298 e. The zero-order chi connectivity index (χ0) is 13.8. The van der Waals surface area contributed by atoms with Gasteiger partial charge >= 0.3 is 0 Å². The monoisotopic (exact) mass is 337 g/mol. The van der Waals surface area contributed by atoms with Gasteiger partial charge in [0.2, 0.25) is 0 Å². The van der Waals surface area contributed by atoms with Crippen molar-refractivity contribution in [3.63, 3.8) is 0 Å². The van der Waals surface area contributed by atoms with Crippen molar-refractivity contribution in [1.29, 1.82) is 0 Å². The third-order valence-corrected chi connectivity index (χ3v) is 3.87. The SMILES string of the molecule is Cc1ccc(CN(C)Cc2ccc(Br)cc2Cl)cc1. The van der Waals surface area contributed by atoms with Crippen LogP contribution in [0, 0.1) is 6.92 Å². The van der Waals surface area contributed by atoms with Gasteiger partial charge in [0.25, 0.3) is 0 Å². The molecule has 2 rings (SSSR count). The first kappa shape index (κ1) is 14.6. The van der Waals surface area contributed by atoms with Gasteiger partial charge in [0.1, 0.15) is 0 Å². The molecule has 0 unspecified atom stereocenters. The molecule has 19 heavy (non-hydrogen) atoms. The summed E-state index contributed by atoms with van der Waals surface area (Å²) in [6.07, 6.45) is 0. The fourth-order valence-corrected chi connectivity index (χ4v) is 2.73. The lowest BCUT2D eigenvalue weighted by atomic mass is 10.1. The lowest BCUT2D eigenvalue weighted by molar-refractivity contribution is 0.319. The van der Waals surface area contributed by atoms with Crippen LogP contribution >= 0.6 is 27.5 Å². The summed E-state index contributed by atoms with van der Waals surface area (Å²) in [6.45, 7) is 3.88. The van der Waals surface area contributed by atoms with E-state index in [1.165, 1.54) is 11.1 Å². The van der Waals surface area contributed by atoms with Gasteiger partial charge in [-0.15, -0.1) is 0 Å². The molecule has 0 bridgehead atoms. The van der Waals surface area contributed by atoms with Crippen molar-refractivity contribution in [2.45, 2.75) is 20.0 Å². The van der Waals surface area contributed by atoms with Gasteiger partial charge in [-0.05, 0) is 37.2 Å². The molecule has 0 N–H and O–H groups in total. The quantitative estimate of drug-likeness (QED) is 0.754. The summed E-state index contributed by atoms with van der Waals surface area (Å²) in [5.41, 5.74) is 3.77. The van der Waals surface area contributed by atoms with Gasteiger partial charge in [-0.2, -0.15) is 0 Å². The highest BCUT2D eigenvalue weighted by atomic mass is 79.9. The molecule has 0 aliphatic carbocycles. The summed E-state index contributed by atoms with van der Waals surface area (Å²) in [7, 11) is 2.11. The number of nitrogens with zero attached hydrogens (tertiary/aromatic N) is 1. The molecule has 0 atom stereocenters. The molecular formula is C16H17BrClN. The van der Waals surface area contributed by atoms with Crippen molar-refractivity contribution in [3.8, 4) is 0 Å². The zero-order valence-electron chi connectivity index (χ0n) is 11.2. The summed E-state index contributed by atoms with van der Waals surface area (Å²) in [6, 6.07) is 14.7. The predicted molar refractivity (Wildman–Crippen MR) is 85.5 cm³/mol. The lowest BCUT2D eigenvalue weighted by Gasteiger charge is -2.18. The molecule has 1 nitrogen and oxygen atoms in total. The maximum absolute atomic E-state index is 6.24. The minimum absolute atomic E-state index is 0.810. The van der Waals surface area contributed by atoms with Crippen LogP contribution in [0.2, 0.25) is 5.02 Å². The van der Waals surface area contributed by atoms with E-state index in [0.717, 1.165) is 28.1 Å². The Hall–Kier alpha value is -0.830. The molecule has 0 saturated heterocycles.